The molecule has 1 aromatic carbocycles. The van der Waals surface area contributed by atoms with Crippen molar-refractivity contribution in [1.82, 2.24) is 0 Å². The van der Waals surface area contributed by atoms with Crippen molar-refractivity contribution in [2.75, 3.05) is 13.2 Å². The molecule has 1 fully saturated rings. The molecule has 1 aliphatic rings. The van der Waals surface area contributed by atoms with E-state index >= 15 is 0 Å². The average Bonchev–Trinajstić information content (AvgIpc) is 2.48. The van der Waals surface area contributed by atoms with Gasteiger partial charge in [0.1, 0.15) is 5.75 Å². The number of ether oxygens (including phenoxy) is 1. The lowest BCUT2D eigenvalue weighted by atomic mass is 9.62. The Kier molecular flexibility index (Phi) is 4.95. The molecular formula is C18H29NO2. The van der Waals surface area contributed by atoms with Gasteiger partial charge >= 0.3 is 0 Å². The zero-order valence-corrected chi connectivity index (χ0v) is 13.6. The number of hydrogen-bond acceptors (Lipinski definition) is 3. The van der Waals surface area contributed by atoms with Gasteiger partial charge in [0.15, 0.2) is 0 Å². The lowest BCUT2D eigenvalue weighted by molar-refractivity contribution is -0.0248. The van der Waals surface area contributed by atoms with E-state index in [-0.39, 0.29) is 5.41 Å². The quantitative estimate of drug-likeness (QED) is 0.870. The third kappa shape index (κ3) is 3.41. The Morgan fingerprint density at radius 3 is 2.38 bits per heavy atom. The van der Waals surface area contributed by atoms with Gasteiger partial charge < -0.3 is 15.6 Å². The highest BCUT2D eigenvalue weighted by Gasteiger charge is 2.43. The summed E-state index contributed by atoms with van der Waals surface area (Å²) in [4.78, 5) is 0. The molecule has 1 saturated carbocycles. The predicted octanol–water partition coefficient (Wildman–Crippen LogP) is 3.66. The molecule has 3 heteroatoms. The number of rotatable bonds is 5. The van der Waals surface area contributed by atoms with Crippen LogP contribution in [-0.4, -0.2) is 18.3 Å². The summed E-state index contributed by atoms with van der Waals surface area (Å²) in [5.74, 6) is 0.783. The molecule has 0 heterocycles. The van der Waals surface area contributed by atoms with Gasteiger partial charge in [-0.3, -0.25) is 0 Å². The summed E-state index contributed by atoms with van der Waals surface area (Å²) in [7, 11) is 0. The van der Waals surface area contributed by atoms with Gasteiger partial charge in [-0.25, -0.2) is 0 Å². The largest absolute Gasteiger partial charge is 0.493 e. The summed E-state index contributed by atoms with van der Waals surface area (Å²) in [6.07, 6.45) is 3.60. The number of aliphatic hydroxyl groups excluding tert-OH is 1. The monoisotopic (exact) mass is 291 g/mol. The van der Waals surface area contributed by atoms with Crippen molar-refractivity contribution in [2.45, 2.75) is 52.6 Å². The zero-order chi connectivity index (χ0) is 15.5. The van der Waals surface area contributed by atoms with Crippen molar-refractivity contribution < 1.29 is 9.84 Å². The van der Waals surface area contributed by atoms with Gasteiger partial charge in [0.2, 0.25) is 0 Å². The highest BCUT2D eigenvalue weighted by atomic mass is 16.5. The van der Waals surface area contributed by atoms with Crippen LogP contribution in [0.3, 0.4) is 0 Å². The summed E-state index contributed by atoms with van der Waals surface area (Å²) >= 11 is 0. The first kappa shape index (κ1) is 16.3. The first-order valence-corrected chi connectivity index (χ1v) is 8.04. The number of nitrogens with two attached hydrogens (primary N) is 1. The molecule has 2 rings (SSSR count). The smallest absolute Gasteiger partial charge is 0.125 e. The van der Waals surface area contributed by atoms with E-state index in [4.69, 9.17) is 10.5 Å². The number of benzene rings is 1. The second kappa shape index (κ2) is 6.37. The third-order valence-corrected chi connectivity index (χ3v) is 5.10. The molecule has 0 aromatic heterocycles. The fraction of sp³-hybridized carbons (Fsp3) is 0.667. The summed E-state index contributed by atoms with van der Waals surface area (Å²) in [6, 6.07) is 7.80. The molecule has 3 nitrogen and oxygen atoms in total. The van der Waals surface area contributed by atoms with Crippen LogP contribution in [0.5, 0.6) is 5.75 Å². The predicted molar refractivity (Wildman–Crippen MR) is 86.3 cm³/mol. The fourth-order valence-corrected chi connectivity index (χ4v) is 3.34. The van der Waals surface area contributed by atoms with E-state index in [1.54, 1.807) is 0 Å². The molecule has 1 aromatic rings. The number of hydrogen-bond donors (Lipinski definition) is 2. The Hall–Kier alpha value is -1.06. The van der Waals surface area contributed by atoms with Crippen molar-refractivity contribution >= 4 is 0 Å². The van der Waals surface area contributed by atoms with Gasteiger partial charge in [-0.15, -0.1) is 0 Å². The van der Waals surface area contributed by atoms with Gasteiger partial charge in [0.25, 0.3) is 0 Å². The highest BCUT2D eigenvalue weighted by molar-refractivity contribution is 5.36. The SMILES string of the molecule is CCOc1ccccc1C(O)C1(CN)CCC(C)(C)CC1. The van der Waals surface area contributed by atoms with Crippen molar-refractivity contribution in [3.05, 3.63) is 29.8 Å². The molecule has 0 saturated heterocycles. The van der Waals surface area contributed by atoms with Crippen molar-refractivity contribution in [2.24, 2.45) is 16.6 Å². The first-order valence-electron chi connectivity index (χ1n) is 8.04. The molecule has 0 aliphatic heterocycles. The second-order valence-corrected chi connectivity index (χ2v) is 7.10. The van der Waals surface area contributed by atoms with E-state index in [1.807, 2.05) is 31.2 Å². The molecule has 0 radical (unpaired) electrons. The molecule has 0 amide bonds. The standard InChI is InChI=1S/C18H29NO2/c1-4-21-15-8-6-5-7-14(15)16(20)18(13-19)11-9-17(2,3)10-12-18/h5-8,16,20H,4,9-13,19H2,1-3H3. The van der Waals surface area contributed by atoms with E-state index in [0.29, 0.717) is 18.6 Å². The van der Waals surface area contributed by atoms with E-state index < -0.39 is 6.10 Å². The van der Waals surface area contributed by atoms with Crippen LogP contribution in [0.25, 0.3) is 0 Å². The van der Waals surface area contributed by atoms with Gasteiger partial charge in [-0.05, 0) is 44.1 Å². The van der Waals surface area contributed by atoms with Crippen molar-refractivity contribution in [3.63, 3.8) is 0 Å². The van der Waals surface area contributed by atoms with Crippen LogP contribution in [0.15, 0.2) is 24.3 Å². The minimum atomic E-state index is -0.554. The van der Waals surface area contributed by atoms with Crippen LogP contribution in [0.4, 0.5) is 0 Å². The molecule has 0 bridgehead atoms. The van der Waals surface area contributed by atoms with E-state index in [9.17, 15) is 5.11 Å². The van der Waals surface area contributed by atoms with Crippen LogP contribution in [0.2, 0.25) is 0 Å². The maximum absolute atomic E-state index is 11.0. The van der Waals surface area contributed by atoms with Gasteiger partial charge in [0, 0.05) is 17.5 Å². The van der Waals surface area contributed by atoms with E-state index in [2.05, 4.69) is 13.8 Å². The third-order valence-electron chi connectivity index (χ3n) is 5.10. The molecule has 1 atom stereocenters. The van der Waals surface area contributed by atoms with E-state index in [0.717, 1.165) is 37.0 Å². The average molecular weight is 291 g/mol. The summed E-state index contributed by atoms with van der Waals surface area (Å²) in [5, 5.41) is 11.0. The normalized spacial score (nSPS) is 21.8. The molecule has 1 unspecified atom stereocenters. The Morgan fingerprint density at radius 2 is 1.81 bits per heavy atom. The van der Waals surface area contributed by atoms with Crippen LogP contribution in [0, 0.1) is 10.8 Å². The van der Waals surface area contributed by atoms with Crippen LogP contribution in [-0.2, 0) is 0 Å². The number of para-hydroxylation sites is 1. The molecule has 3 N–H and O–H groups in total. The second-order valence-electron chi connectivity index (χ2n) is 7.10. The molecule has 0 spiro atoms. The van der Waals surface area contributed by atoms with Crippen molar-refractivity contribution in [1.29, 1.82) is 0 Å². The minimum Gasteiger partial charge on any atom is -0.493 e. The Balaban J connectivity index is 2.27. The van der Waals surface area contributed by atoms with Crippen LogP contribution >= 0.6 is 0 Å². The lowest BCUT2D eigenvalue weighted by Crippen LogP contribution is -2.42. The Morgan fingerprint density at radius 1 is 1.19 bits per heavy atom. The topological polar surface area (TPSA) is 55.5 Å². The van der Waals surface area contributed by atoms with Gasteiger partial charge in [0.05, 0.1) is 12.7 Å². The van der Waals surface area contributed by atoms with E-state index in [1.165, 1.54) is 0 Å². The van der Waals surface area contributed by atoms with Gasteiger partial charge in [-0.1, -0.05) is 32.0 Å². The molecule has 1 aliphatic carbocycles. The minimum absolute atomic E-state index is 0.220. The Labute approximate surface area is 128 Å². The highest BCUT2D eigenvalue weighted by Crippen LogP contribution is 2.51. The van der Waals surface area contributed by atoms with Crippen molar-refractivity contribution in [3.8, 4) is 5.75 Å². The van der Waals surface area contributed by atoms with Crippen LogP contribution < -0.4 is 10.5 Å². The zero-order valence-electron chi connectivity index (χ0n) is 13.6. The van der Waals surface area contributed by atoms with Gasteiger partial charge in [-0.2, -0.15) is 0 Å². The summed E-state index contributed by atoms with van der Waals surface area (Å²) in [6.45, 7) is 7.68. The summed E-state index contributed by atoms with van der Waals surface area (Å²) in [5.41, 5.74) is 7.11. The fourth-order valence-electron chi connectivity index (χ4n) is 3.34. The Bertz CT molecular complexity index is 460. The first-order chi connectivity index (χ1) is 9.94. The maximum atomic E-state index is 11.0. The molecular weight excluding hydrogens is 262 g/mol. The molecule has 118 valence electrons. The lowest BCUT2D eigenvalue weighted by Gasteiger charge is -2.46. The molecule has 21 heavy (non-hydrogen) atoms. The summed E-state index contributed by atoms with van der Waals surface area (Å²) < 4.78 is 5.68. The maximum Gasteiger partial charge on any atom is 0.125 e. The number of aliphatic hydroxyl groups is 1. The van der Waals surface area contributed by atoms with Crippen LogP contribution in [0.1, 0.15) is 58.1 Å².